The summed E-state index contributed by atoms with van der Waals surface area (Å²) in [5.74, 6) is 0.0535. The van der Waals surface area contributed by atoms with Crippen molar-refractivity contribution >= 4 is 34.2 Å². The molecule has 7 nitrogen and oxygen atoms in total. The molecule has 0 saturated heterocycles. The third-order valence-corrected chi connectivity index (χ3v) is 6.39. The number of benzene rings is 3. The van der Waals surface area contributed by atoms with Crippen molar-refractivity contribution in [2.45, 2.75) is 39.3 Å². The summed E-state index contributed by atoms with van der Waals surface area (Å²) < 4.78 is 5.24. The third kappa shape index (κ3) is 4.85. The molecule has 1 unspecified atom stereocenters. The monoisotopic (exact) mass is 473 g/mol. The van der Waals surface area contributed by atoms with Crippen molar-refractivity contribution in [2.24, 2.45) is 0 Å². The van der Waals surface area contributed by atoms with Gasteiger partial charge in [-0.2, -0.15) is 0 Å². The van der Waals surface area contributed by atoms with E-state index < -0.39 is 6.04 Å². The van der Waals surface area contributed by atoms with E-state index in [2.05, 4.69) is 5.32 Å². The van der Waals surface area contributed by atoms with Gasteiger partial charge in [-0.05, 0) is 48.1 Å². The Balaban J connectivity index is 1.63. The fourth-order valence-corrected chi connectivity index (χ4v) is 4.58. The highest BCUT2D eigenvalue weighted by Gasteiger charge is 2.35. The Kier molecular flexibility index (Phi) is 7.34. The molecular formula is C28H31N3O4. The zero-order chi connectivity index (χ0) is 24.9. The summed E-state index contributed by atoms with van der Waals surface area (Å²) in [6.07, 6.45) is 1.26. The fourth-order valence-electron chi connectivity index (χ4n) is 4.58. The van der Waals surface area contributed by atoms with Crippen LogP contribution in [0.1, 0.15) is 42.6 Å². The molecule has 3 aromatic carbocycles. The topological polar surface area (TPSA) is 79.0 Å². The summed E-state index contributed by atoms with van der Waals surface area (Å²) >= 11 is 0. The van der Waals surface area contributed by atoms with Crippen molar-refractivity contribution in [3.05, 3.63) is 71.8 Å². The van der Waals surface area contributed by atoms with E-state index in [1.807, 2.05) is 68.4 Å². The van der Waals surface area contributed by atoms with E-state index in [4.69, 9.17) is 4.74 Å². The highest BCUT2D eigenvalue weighted by Crippen LogP contribution is 2.37. The molecule has 4 rings (SSSR count). The molecule has 182 valence electrons. The Hall–Kier alpha value is -3.87. The van der Waals surface area contributed by atoms with E-state index in [-0.39, 0.29) is 30.8 Å². The van der Waals surface area contributed by atoms with Crippen LogP contribution in [0.3, 0.4) is 0 Å². The number of rotatable bonds is 10. The van der Waals surface area contributed by atoms with E-state index in [0.717, 1.165) is 28.4 Å². The summed E-state index contributed by atoms with van der Waals surface area (Å²) in [7, 11) is 1.60. The van der Waals surface area contributed by atoms with Crippen molar-refractivity contribution in [3.63, 3.8) is 0 Å². The fraction of sp³-hybridized carbons (Fsp3) is 0.321. The van der Waals surface area contributed by atoms with Gasteiger partial charge in [0.25, 0.3) is 5.91 Å². The molecule has 0 spiro atoms. The first-order valence-electron chi connectivity index (χ1n) is 12.0. The second-order valence-corrected chi connectivity index (χ2v) is 8.66. The van der Waals surface area contributed by atoms with Crippen molar-refractivity contribution < 1.29 is 19.1 Å². The Morgan fingerprint density at radius 3 is 2.40 bits per heavy atom. The van der Waals surface area contributed by atoms with Crippen LogP contribution in [0.25, 0.3) is 10.8 Å². The van der Waals surface area contributed by atoms with E-state index in [1.165, 1.54) is 4.90 Å². The van der Waals surface area contributed by atoms with Gasteiger partial charge in [-0.25, -0.2) is 0 Å². The summed E-state index contributed by atoms with van der Waals surface area (Å²) in [5.41, 5.74) is 2.20. The lowest BCUT2D eigenvalue weighted by molar-refractivity contribution is -0.140. The molecule has 0 radical (unpaired) electrons. The average Bonchev–Trinajstić information content (AvgIpc) is 3.15. The number of hydrogen-bond acceptors (Lipinski definition) is 4. The molecule has 35 heavy (non-hydrogen) atoms. The van der Waals surface area contributed by atoms with Gasteiger partial charge in [0.1, 0.15) is 18.3 Å². The summed E-state index contributed by atoms with van der Waals surface area (Å²) in [4.78, 5) is 43.1. The SMILES string of the molecule is CCCNC(=O)C(CC)N(Cc1ccc(OC)cc1)C(=O)CN1C(=O)c2cccc3cccc1c23. The number of carbonyl (C=O) groups is 3. The van der Waals surface area contributed by atoms with Gasteiger partial charge in [0, 0.05) is 24.0 Å². The molecular weight excluding hydrogens is 442 g/mol. The summed E-state index contributed by atoms with van der Waals surface area (Å²) in [5, 5.41) is 4.75. The van der Waals surface area contributed by atoms with Crippen LogP contribution >= 0.6 is 0 Å². The minimum Gasteiger partial charge on any atom is -0.497 e. The van der Waals surface area contributed by atoms with Crippen LogP contribution in [-0.4, -0.2) is 48.9 Å². The molecule has 0 aliphatic carbocycles. The summed E-state index contributed by atoms with van der Waals surface area (Å²) in [6, 6.07) is 18.1. The first-order chi connectivity index (χ1) is 17.0. The summed E-state index contributed by atoms with van der Waals surface area (Å²) in [6.45, 7) is 4.53. The molecule has 3 aromatic rings. The van der Waals surface area contributed by atoms with Gasteiger partial charge in [-0.15, -0.1) is 0 Å². The number of amides is 3. The van der Waals surface area contributed by atoms with Crippen molar-refractivity contribution in [3.8, 4) is 5.75 Å². The number of anilines is 1. The van der Waals surface area contributed by atoms with Crippen LogP contribution in [-0.2, 0) is 16.1 Å². The van der Waals surface area contributed by atoms with Crippen LogP contribution in [0.5, 0.6) is 5.75 Å². The average molecular weight is 474 g/mol. The molecule has 1 heterocycles. The predicted octanol–water partition coefficient (Wildman–Crippen LogP) is 4.14. The first kappa shape index (κ1) is 24.3. The maximum atomic E-state index is 13.7. The lowest BCUT2D eigenvalue weighted by atomic mass is 10.1. The lowest BCUT2D eigenvalue weighted by Gasteiger charge is -2.32. The molecule has 0 aromatic heterocycles. The molecule has 0 bridgehead atoms. The number of methoxy groups -OCH3 is 1. The van der Waals surface area contributed by atoms with Gasteiger partial charge >= 0.3 is 0 Å². The van der Waals surface area contributed by atoms with Gasteiger partial charge in [-0.1, -0.05) is 50.2 Å². The molecule has 3 amide bonds. The molecule has 0 fully saturated rings. The van der Waals surface area contributed by atoms with E-state index >= 15 is 0 Å². The third-order valence-electron chi connectivity index (χ3n) is 6.39. The van der Waals surface area contributed by atoms with Crippen LogP contribution in [0.15, 0.2) is 60.7 Å². The van der Waals surface area contributed by atoms with Crippen LogP contribution < -0.4 is 15.0 Å². The maximum Gasteiger partial charge on any atom is 0.259 e. The molecule has 7 heteroatoms. The standard InChI is InChI=1S/C28H31N3O4/c1-4-16-29-27(33)23(5-2)30(17-19-12-14-21(35-3)15-13-19)25(32)18-31-24-11-7-9-20-8-6-10-22(26(20)24)28(31)34/h6-15,23H,4-5,16-18H2,1-3H3,(H,29,33). The Morgan fingerprint density at radius 1 is 1.03 bits per heavy atom. The Labute approximate surface area is 205 Å². The normalized spacial score (nSPS) is 13.1. The zero-order valence-electron chi connectivity index (χ0n) is 20.4. The first-order valence-corrected chi connectivity index (χ1v) is 12.0. The minimum atomic E-state index is -0.646. The number of hydrogen-bond donors (Lipinski definition) is 1. The van der Waals surface area contributed by atoms with Gasteiger partial charge in [-0.3, -0.25) is 19.3 Å². The van der Waals surface area contributed by atoms with Crippen molar-refractivity contribution in [1.29, 1.82) is 0 Å². The van der Waals surface area contributed by atoms with Crippen LogP contribution in [0, 0.1) is 0 Å². The maximum absolute atomic E-state index is 13.7. The zero-order valence-corrected chi connectivity index (χ0v) is 20.4. The van der Waals surface area contributed by atoms with Crippen LogP contribution in [0.4, 0.5) is 5.69 Å². The minimum absolute atomic E-state index is 0.139. The molecule has 1 aliphatic heterocycles. The number of ether oxygens (including phenoxy) is 1. The van der Waals surface area contributed by atoms with Crippen molar-refractivity contribution in [2.75, 3.05) is 25.1 Å². The number of carbonyl (C=O) groups excluding carboxylic acids is 3. The second-order valence-electron chi connectivity index (χ2n) is 8.66. The van der Waals surface area contributed by atoms with Gasteiger partial charge < -0.3 is 15.0 Å². The quantitative estimate of drug-likeness (QED) is 0.480. The predicted molar refractivity (Wildman–Crippen MR) is 137 cm³/mol. The molecule has 1 atom stereocenters. The molecule has 1 N–H and O–H groups in total. The Bertz CT molecular complexity index is 1230. The van der Waals surface area contributed by atoms with E-state index in [9.17, 15) is 14.4 Å². The van der Waals surface area contributed by atoms with E-state index in [0.29, 0.717) is 24.3 Å². The largest absolute Gasteiger partial charge is 0.497 e. The molecule has 0 saturated carbocycles. The van der Waals surface area contributed by atoms with Crippen LogP contribution in [0.2, 0.25) is 0 Å². The van der Waals surface area contributed by atoms with Gasteiger partial charge in [0.15, 0.2) is 0 Å². The van der Waals surface area contributed by atoms with E-state index in [1.54, 1.807) is 18.1 Å². The number of nitrogens with zero attached hydrogens (tertiary/aromatic N) is 2. The highest BCUT2D eigenvalue weighted by atomic mass is 16.5. The lowest BCUT2D eigenvalue weighted by Crippen LogP contribution is -2.52. The van der Waals surface area contributed by atoms with Gasteiger partial charge in [0.05, 0.1) is 12.8 Å². The highest BCUT2D eigenvalue weighted by molar-refractivity contribution is 6.26. The Morgan fingerprint density at radius 2 is 1.74 bits per heavy atom. The van der Waals surface area contributed by atoms with Gasteiger partial charge in [0.2, 0.25) is 11.8 Å². The number of nitrogens with one attached hydrogen (secondary N) is 1. The second kappa shape index (κ2) is 10.6. The smallest absolute Gasteiger partial charge is 0.259 e. The molecule has 1 aliphatic rings. The van der Waals surface area contributed by atoms with Crippen molar-refractivity contribution in [1.82, 2.24) is 10.2 Å².